The molecule has 0 amide bonds. The SMILES string of the molecule is COc1ccc(F)cc1CC(O)CN1CCNCC1. The van der Waals surface area contributed by atoms with Gasteiger partial charge in [0.1, 0.15) is 11.6 Å². The van der Waals surface area contributed by atoms with Crippen molar-refractivity contribution in [2.75, 3.05) is 39.8 Å². The first-order valence-electron chi connectivity index (χ1n) is 6.62. The van der Waals surface area contributed by atoms with E-state index in [9.17, 15) is 9.50 Å². The number of aliphatic hydroxyl groups excluding tert-OH is 1. The fourth-order valence-electron chi connectivity index (χ4n) is 2.42. The molecule has 1 atom stereocenters. The van der Waals surface area contributed by atoms with Crippen molar-refractivity contribution >= 4 is 0 Å². The van der Waals surface area contributed by atoms with Crippen molar-refractivity contribution in [1.82, 2.24) is 10.2 Å². The lowest BCUT2D eigenvalue weighted by molar-refractivity contribution is 0.105. The van der Waals surface area contributed by atoms with Crippen LogP contribution in [0.5, 0.6) is 5.75 Å². The van der Waals surface area contributed by atoms with E-state index in [2.05, 4.69) is 10.2 Å². The summed E-state index contributed by atoms with van der Waals surface area (Å²) >= 11 is 0. The van der Waals surface area contributed by atoms with Gasteiger partial charge < -0.3 is 15.2 Å². The zero-order valence-electron chi connectivity index (χ0n) is 11.2. The Balaban J connectivity index is 1.93. The molecular formula is C14H21FN2O2. The van der Waals surface area contributed by atoms with Gasteiger partial charge in [-0.1, -0.05) is 0 Å². The van der Waals surface area contributed by atoms with E-state index in [-0.39, 0.29) is 5.82 Å². The van der Waals surface area contributed by atoms with Crippen molar-refractivity contribution in [1.29, 1.82) is 0 Å². The van der Waals surface area contributed by atoms with Crippen LogP contribution in [0.4, 0.5) is 4.39 Å². The van der Waals surface area contributed by atoms with Gasteiger partial charge in [0.15, 0.2) is 0 Å². The highest BCUT2D eigenvalue weighted by molar-refractivity contribution is 5.34. The highest BCUT2D eigenvalue weighted by atomic mass is 19.1. The Morgan fingerprint density at radius 2 is 2.16 bits per heavy atom. The highest BCUT2D eigenvalue weighted by Gasteiger charge is 2.16. The summed E-state index contributed by atoms with van der Waals surface area (Å²) in [4.78, 5) is 2.22. The minimum absolute atomic E-state index is 0.301. The normalized spacial score (nSPS) is 18.3. The van der Waals surface area contributed by atoms with E-state index in [1.165, 1.54) is 12.1 Å². The second kappa shape index (κ2) is 6.84. The molecule has 1 aromatic carbocycles. The Hall–Kier alpha value is -1.17. The number of piperazine rings is 1. The van der Waals surface area contributed by atoms with Gasteiger partial charge in [0, 0.05) is 39.1 Å². The molecule has 1 heterocycles. The number of rotatable bonds is 5. The van der Waals surface area contributed by atoms with Crippen LogP contribution in [0.25, 0.3) is 0 Å². The number of nitrogens with zero attached hydrogens (tertiary/aromatic N) is 1. The van der Waals surface area contributed by atoms with Gasteiger partial charge in [-0.25, -0.2) is 4.39 Å². The van der Waals surface area contributed by atoms with Gasteiger partial charge in [0.05, 0.1) is 13.2 Å². The monoisotopic (exact) mass is 268 g/mol. The molecule has 0 radical (unpaired) electrons. The van der Waals surface area contributed by atoms with Crippen LogP contribution in [-0.2, 0) is 6.42 Å². The quantitative estimate of drug-likeness (QED) is 0.823. The third-order valence-corrected chi connectivity index (χ3v) is 3.38. The predicted octanol–water partition coefficient (Wildman–Crippen LogP) is 0.643. The molecule has 5 heteroatoms. The molecule has 2 rings (SSSR count). The fourth-order valence-corrected chi connectivity index (χ4v) is 2.42. The van der Waals surface area contributed by atoms with E-state index in [0.29, 0.717) is 24.3 Å². The van der Waals surface area contributed by atoms with E-state index in [1.54, 1.807) is 13.2 Å². The van der Waals surface area contributed by atoms with Crippen molar-refractivity contribution in [2.24, 2.45) is 0 Å². The van der Waals surface area contributed by atoms with Crippen molar-refractivity contribution in [3.05, 3.63) is 29.6 Å². The second-order valence-corrected chi connectivity index (χ2v) is 4.86. The Morgan fingerprint density at radius 1 is 1.42 bits per heavy atom. The number of benzene rings is 1. The highest BCUT2D eigenvalue weighted by Crippen LogP contribution is 2.21. The summed E-state index contributed by atoms with van der Waals surface area (Å²) in [6.45, 7) is 4.40. The van der Waals surface area contributed by atoms with E-state index < -0.39 is 6.10 Å². The first kappa shape index (κ1) is 14.2. The summed E-state index contributed by atoms with van der Waals surface area (Å²) in [5, 5.41) is 13.4. The number of hydrogen-bond donors (Lipinski definition) is 2. The number of halogens is 1. The Morgan fingerprint density at radius 3 is 2.84 bits per heavy atom. The molecule has 1 fully saturated rings. The van der Waals surface area contributed by atoms with Crippen molar-refractivity contribution < 1.29 is 14.2 Å². The largest absolute Gasteiger partial charge is 0.496 e. The van der Waals surface area contributed by atoms with Crippen LogP contribution in [0.15, 0.2) is 18.2 Å². The molecule has 1 aliphatic rings. The topological polar surface area (TPSA) is 44.7 Å². The molecule has 19 heavy (non-hydrogen) atoms. The standard InChI is InChI=1S/C14H21FN2O2/c1-19-14-3-2-12(15)8-11(14)9-13(18)10-17-6-4-16-5-7-17/h2-3,8,13,16,18H,4-7,9-10H2,1H3. The third-order valence-electron chi connectivity index (χ3n) is 3.38. The molecule has 1 aromatic rings. The molecule has 0 bridgehead atoms. The number of methoxy groups -OCH3 is 1. The number of ether oxygens (including phenoxy) is 1. The number of hydrogen-bond acceptors (Lipinski definition) is 4. The second-order valence-electron chi connectivity index (χ2n) is 4.86. The lowest BCUT2D eigenvalue weighted by Crippen LogP contribution is -2.46. The third kappa shape index (κ3) is 4.16. The summed E-state index contributed by atoms with van der Waals surface area (Å²) in [6, 6.07) is 4.40. The molecule has 0 spiro atoms. The lowest BCUT2D eigenvalue weighted by atomic mass is 10.1. The molecule has 1 saturated heterocycles. The summed E-state index contributed by atoms with van der Waals surface area (Å²) in [6.07, 6.45) is -0.0981. The maximum atomic E-state index is 13.2. The first-order valence-corrected chi connectivity index (χ1v) is 6.62. The van der Waals surface area contributed by atoms with Gasteiger partial charge in [0.25, 0.3) is 0 Å². The van der Waals surface area contributed by atoms with E-state index in [1.807, 2.05) is 0 Å². The summed E-state index contributed by atoms with van der Waals surface area (Å²) in [5.41, 5.74) is 0.713. The molecule has 1 unspecified atom stereocenters. The molecule has 0 aromatic heterocycles. The van der Waals surface area contributed by atoms with Crippen LogP contribution in [0.3, 0.4) is 0 Å². The van der Waals surface area contributed by atoms with Crippen molar-refractivity contribution in [2.45, 2.75) is 12.5 Å². The van der Waals surface area contributed by atoms with Gasteiger partial charge >= 0.3 is 0 Å². The van der Waals surface area contributed by atoms with Crippen LogP contribution in [-0.4, -0.2) is 55.9 Å². The van der Waals surface area contributed by atoms with Crippen molar-refractivity contribution in [3.63, 3.8) is 0 Å². The van der Waals surface area contributed by atoms with Crippen molar-refractivity contribution in [3.8, 4) is 5.75 Å². The van der Waals surface area contributed by atoms with Gasteiger partial charge in [0.2, 0.25) is 0 Å². The minimum atomic E-state index is -0.506. The van der Waals surface area contributed by atoms with Crippen LogP contribution in [0.2, 0.25) is 0 Å². The van der Waals surface area contributed by atoms with Crippen LogP contribution in [0.1, 0.15) is 5.56 Å². The first-order chi connectivity index (χ1) is 9.19. The average Bonchev–Trinajstić information content (AvgIpc) is 2.40. The van der Waals surface area contributed by atoms with Gasteiger partial charge in [-0.05, 0) is 23.8 Å². The average molecular weight is 268 g/mol. The molecule has 1 aliphatic heterocycles. The van der Waals surface area contributed by atoms with Crippen LogP contribution < -0.4 is 10.1 Å². The number of aliphatic hydroxyl groups is 1. The van der Waals surface area contributed by atoms with Gasteiger partial charge in [-0.3, -0.25) is 4.90 Å². The maximum Gasteiger partial charge on any atom is 0.123 e. The molecule has 106 valence electrons. The number of β-amino-alcohol motifs (C(OH)–C–C–N with tert-alkyl or cyclic N) is 1. The zero-order chi connectivity index (χ0) is 13.7. The maximum absolute atomic E-state index is 13.2. The Kier molecular flexibility index (Phi) is 5.13. The zero-order valence-corrected chi connectivity index (χ0v) is 11.2. The number of nitrogens with one attached hydrogen (secondary N) is 1. The molecular weight excluding hydrogens is 247 g/mol. The van der Waals surface area contributed by atoms with E-state index >= 15 is 0 Å². The van der Waals surface area contributed by atoms with E-state index in [0.717, 1.165) is 26.2 Å². The predicted molar refractivity (Wildman–Crippen MR) is 72.0 cm³/mol. The summed E-state index contributed by atoms with van der Waals surface area (Å²) in [5.74, 6) is 0.325. The lowest BCUT2D eigenvalue weighted by Gasteiger charge is -2.29. The molecule has 4 nitrogen and oxygen atoms in total. The van der Waals surface area contributed by atoms with E-state index in [4.69, 9.17) is 4.74 Å². The van der Waals surface area contributed by atoms with Crippen LogP contribution >= 0.6 is 0 Å². The Bertz CT molecular complexity index is 408. The molecule has 2 N–H and O–H groups in total. The summed E-state index contributed by atoms with van der Waals surface area (Å²) < 4.78 is 18.4. The summed E-state index contributed by atoms with van der Waals surface area (Å²) in [7, 11) is 1.55. The Labute approximate surface area is 113 Å². The van der Waals surface area contributed by atoms with Crippen LogP contribution in [0, 0.1) is 5.82 Å². The fraction of sp³-hybridized carbons (Fsp3) is 0.571. The minimum Gasteiger partial charge on any atom is -0.496 e. The van der Waals surface area contributed by atoms with Gasteiger partial charge in [-0.2, -0.15) is 0 Å². The molecule has 0 saturated carbocycles. The van der Waals surface area contributed by atoms with Gasteiger partial charge in [-0.15, -0.1) is 0 Å². The molecule has 0 aliphatic carbocycles. The smallest absolute Gasteiger partial charge is 0.123 e.